The molecule has 8 heteroatoms. The Kier molecular flexibility index (Phi) is 2.57. The Morgan fingerprint density at radius 3 is 2.50 bits per heavy atom. The van der Waals surface area contributed by atoms with E-state index in [2.05, 4.69) is 5.10 Å². The summed E-state index contributed by atoms with van der Waals surface area (Å²) < 4.78 is 3.50. The van der Waals surface area contributed by atoms with Crippen molar-refractivity contribution in [1.82, 2.24) is 18.9 Å². The molecule has 8 nitrogen and oxygen atoms in total. The van der Waals surface area contributed by atoms with Crippen molar-refractivity contribution in [2.75, 3.05) is 0 Å². The van der Waals surface area contributed by atoms with E-state index in [0.717, 1.165) is 4.57 Å². The van der Waals surface area contributed by atoms with Gasteiger partial charge < -0.3 is 5.73 Å². The lowest BCUT2D eigenvalue weighted by atomic mass is 10.3. The van der Waals surface area contributed by atoms with E-state index in [4.69, 9.17) is 5.73 Å². The molecule has 0 saturated carbocycles. The number of rotatable bonds is 2. The number of amides is 1. The van der Waals surface area contributed by atoms with E-state index in [-0.39, 0.29) is 5.52 Å². The first-order valence-corrected chi connectivity index (χ1v) is 5.28. The fourth-order valence-electron chi connectivity index (χ4n) is 1.79. The van der Waals surface area contributed by atoms with Gasteiger partial charge in [-0.3, -0.25) is 18.7 Å². The molecule has 0 aliphatic rings. The largest absolute Gasteiger partial charge is 0.368 e. The molecule has 0 bridgehead atoms. The zero-order valence-corrected chi connectivity index (χ0v) is 10.2. The third-order valence-corrected chi connectivity index (χ3v) is 3.00. The average Bonchev–Trinajstić information content (AvgIpc) is 2.77. The quantitative estimate of drug-likeness (QED) is 0.699. The summed E-state index contributed by atoms with van der Waals surface area (Å²) in [5, 5.41) is 3.96. The zero-order valence-electron chi connectivity index (χ0n) is 10.2. The number of nitrogens with zero attached hydrogens (tertiary/aromatic N) is 4. The number of aryl methyl sites for hydroxylation is 1. The van der Waals surface area contributed by atoms with E-state index in [1.807, 2.05) is 0 Å². The molecular formula is C10H13N5O3. The standard InChI is InChI=1S/C10H13N5O3/c1-5(8(11)16)15-7-6(4-12-15)13(2)10(18)14(3)9(7)17/h4-5H,1-3H3,(H2,11,16). The first-order chi connectivity index (χ1) is 8.36. The van der Waals surface area contributed by atoms with Crippen LogP contribution in [-0.4, -0.2) is 24.8 Å². The van der Waals surface area contributed by atoms with Crippen molar-refractivity contribution in [3.8, 4) is 0 Å². The van der Waals surface area contributed by atoms with Crippen molar-refractivity contribution < 1.29 is 4.79 Å². The van der Waals surface area contributed by atoms with Crippen LogP contribution in [0.1, 0.15) is 13.0 Å². The highest BCUT2D eigenvalue weighted by atomic mass is 16.2. The predicted octanol–water partition coefficient (Wildman–Crippen LogP) is -1.52. The molecule has 2 aromatic heterocycles. The Hall–Kier alpha value is -2.38. The van der Waals surface area contributed by atoms with Crippen molar-refractivity contribution in [2.24, 2.45) is 19.8 Å². The van der Waals surface area contributed by atoms with Crippen molar-refractivity contribution in [1.29, 1.82) is 0 Å². The lowest BCUT2D eigenvalue weighted by Gasteiger charge is -2.10. The number of hydrogen-bond acceptors (Lipinski definition) is 4. The van der Waals surface area contributed by atoms with Gasteiger partial charge in [-0.2, -0.15) is 5.10 Å². The topological polar surface area (TPSA) is 105 Å². The van der Waals surface area contributed by atoms with Crippen molar-refractivity contribution in [3.63, 3.8) is 0 Å². The van der Waals surface area contributed by atoms with E-state index in [9.17, 15) is 14.4 Å². The number of hydrogen-bond donors (Lipinski definition) is 1. The Morgan fingerprint density at radius 2 is 1.94 bits per heavy atom. The van der Waals surface area contributed by atoms with Crippen LogP contribution in [0, 0.1) is 0 Å². The van der Waals surface area contributed by atoms with Gasteiger partial charge in [-0.05, 0) is 6.92 Å². The molecule has 1 unspecified atom stereocenters. The summed E-state index contributed by atoms with van der Waals surface area (Å²) in [6.45, 7) is 1.54. The van der Waals surface area contributed by atoms with Gasteiger partial charge in [0.1, 0.15) is 6.04 Å². The van der Waals surface area contributed by atoms with Gasteiger partial charge in [0.15, 0.2) is 5.52 Å². The molecule has 0 fully saturated rings. The molecule has 2 rings (SSSR count). The van der Waals surface area contributed by atoms with Crippen molar-refractivity contribution in [2.45, 2.75) is 13.0 Å². The fourth-order valence-corrected chi connectivity index (χ4v) is 1.79. The second-order valence-electron chi connectivity index (χ2n) is 4.11. The van der Waals surface area contributed by atoms with Crippen LogP contribution in [0.5, 0.6) is 0 Å². The highest BCUT2D eigenvalue weighted by molar-refractivity contribution is 5.81. The van der Waals surface area contributed by atoms with E-state index in [0.29, 0.717) is 5.52 Å². The van der Waals surface area contributed by atoms with Gasteiger partial charge in [-0.1, -0.05) is 0 Å². The summed E-state index contributed by atoms with van der Waals surface area (Å²) in [7, 11) is 2.90. The SMILES string of the molecule is CC(C(N)=O)n1ncc2c1c(=O)n(C)c(=O)n2C. The zero-order chi connectivity index (χ0) is 13.6. The van der Waals surface area contributed by atoms with Crippen LogP contribution in [0.3, 0.4) is 0 Å². The highest BCUT2D eigenvalue weighted by Crippen LogP contribution is 2.12. The van der Waals surface area contributed by atoms with Gasteiger partial charge in [-0.15, -0.1) is 0 Å². The van der Waals surface area contributed by atoms with Crippen LogP contribution in [0.25, 0.3) is 11.0 Å². The Bertz CT molecular complexity index is 751. The molecule has 2 N–H and O–H groups in total. The molecule has 0 aliphatic heterocycles. The van der Waals surface area contributed by atoms with E-state index in [1.54, 1.807) is 6.92 Å². The first-order valence-electron chi connectivity index (χ1n) is 5.28. The Morgan fingerprint density at radius 1 is 1.33 bits per heavy atom. The van der Waals surface area contributed by atoms with Gasteiger partial charge in [-0.25, -0.2) is 9.48 Å². The number of nitrogens with two attached hydrogens (primary N) is 1. The maximum atomic E-state index is 12.0. The minimum absolute atomic E-state index is 0.186. The molecule has 96 valence electrons. The molecule has 2 aromatic rings. The van der Waals surface area contributed by atoms with E-state index in [1.165, 1.54) is 29.5 Å². The van der Waals surface area contributed by atoms with Gasteiger partial charge in [0, 0.05) is 14.1 Å². The molecule has 2 heterocycles. The molecule has 0 saturated heterocycles. The molecule has 18 heavy (non-hydrogen) atoms. The summed E-state index contributed by atoms with van der Waals surface area (Å²) in [6.07, 6.45) is 1.37. The maximum Gasteiger partial charge on any atom is 0.331 e. The number of carbonyl (C=O) groups excluding carboxylic acids is 1. The summed E-state index contributed by atoms with van der Waals surface area (Å²) in [4.78, 5) is 34.9. The van der Waals surface area contributed by atoms with E-state index < -0.39 is 23.2 Å². The Labute approximate surface area is 101 Å². The Balaban J connectivity index is 2.95. The maximum absolute atomic E-state index is 12.0. The number of fused-ring (bicyclic) bond motifs is 1. The first kappa shape index (κ1) is 12.1. The highest BCUT2D eigenvalue weighted by Gasteiger charge is 2.20. The van der Waals surface area contributed by atoms with Crippen LogP contribution in [0.4, 0.5) is 0 Å². The second-order valence-corrected chi connectivity index (χ2v) is 4.11. The molecule has 1 amide bonds. The summed E-state index contributed by atoms with van der Waals surface area (Å²) in [6, 6.07) is -0.757. The van der Waals surface area contributed by atoms with Crippen LogP contribution < -0.4 is 17.0 Å². The van der Waals surface area contributed by atoms with Crippen LogP contribution in [0.2, 0.25) is 0 Å². The van der Waals surface area contributed by atoms with Crippen molar-refractivity contribution in [3.05, 3.63) is 27.0 Å². The minimum Gasteiger partial charge on any atom is -0.368 e. The normalized spacial score (nSPS) is 12.8. The monoisotopic (exact) mass is 251 g/mol. The number of carbonyl (C=O) groups is 1. The summed E-state index contributed by atoms with van der Waals surface area (Å²) >= 11 is 0. The lowest BCUT2D eigenvalue weighted by molar-refractivity contribution is -0.120. The van der Waals surface area contributed by atoms with Crippen LogP contribution in [0.15, 0.2) is 15.8 Å². The van der Waals surface area contributed by atoms with Gasteiger partial charge in [0.25, 0.3) is 5.56 Å². The molecule has 1 atom stereocenters. The third kappa shape index (κ3) is 1.45. The smallest absolute Gasteiger partial charge is 0.331 e. The fraction of sp³-hybridized carbons (Fsp3) is 0.400. The number of primary amides is 1. The molecule has 0 spiro atoms. The predicted molar refractivity (Wildman–Crippen MR) is 64.1 cm³/mol. The van der Waals surface area contributed by atoms with Crippen molar-refractivity contribution >= 4 is 16.9 Å². The summed E-state index contributed by atoms with van der Waals surface area (Å²) in [5.41, 5.74) is 4.81. The van der Waals surface area contributed by atoms with Gasteiger partial charge in [0.05, 0.1) is 11.7 Å². The summed E-state index contributed by atoms with van der Waals surface area (Å²) in [5.74, 6) is -0.601. The number of aromatic nitrogens is 4. The van der Waals surface area contributed by atoms with Gasteiger partial charge >= 0.3 is 5.69 Å². The van der Waals surface area contributed by atoms with Gasteiger partial charge in [0.2, 0.25) is 5.91 Å². The molecule has 0 aliphatic carbocycles. The molecule has 0 radical (unpaired) electrons. The molecular weight excluding hydrogens is 238 g/mol. The minimum atomic E-state index is -0.757. The second kappa shape index (κ2) is 3.83. The molecule has 0 aromatic carbocycles. The lowest BCUT2D eigenvalue weighted by Crippen LogP contribution is -2.38. The average molecular weight is 251 g/mol. The van der Waals surface area contributed by atoms with E-state index >= 15 is 0 Å². The van der Waals surface area contributed by atoms with Crippen LogP contribution in [-0.2, 0) is 18.9 Å². The third-order valence-electron chi connectivity index (χ3n) is 3.00. The van der Waals surface area contributed by atoms with Crippen LogP contribution >= 0.6 is 0 Å².